The van der Waals surface area contributed by atoms with E-state index in [0.717, 1.165) is 11.4 Å². The van der Waals surface area contributed by atoms with Gasteiger partial charge in [-0.05, 0) is 42.5 Å². The Bertz CT molecular complexity index is 1530. The lowest BCUT2D eigenvalue weighted by Gasteiger charge is -2.10. The largest absolute Gasteiger partial charge is 0.455 e. The van der Waals surface area contributed by atoms with Crippen molar-refractivity contribution in [2.45, 2.75) is 0 Å². The summed E-state index contributed by atoms with van der Waals surface area (Å²) in [5, 5.41) is 21.9. The van der Waals surface area contributed by atoms with Crippen molar-refractivity contribution in [2.75, 3.05) is 16.1 Å². The van der Waals surface area contributed by atoms with E-state index < -0.39 is 4.92 Å². The molecule has 0 fully saturated rings. The van der Waals surface area contributed by atoms with Gasteiger partial charge in [0.05, 0.1) is 16.2 Å². The minimum Gasteiger partial charge on any atom is -0.455 e. The highest BCUT2D eigenvalue weighted by Crippen LogP contribution is 2.32. The Hall–Kier alpha value is -5.29. The highest BCUT2D eigenvalue weighted by molar-refractivity contribution is 6.33. The normalized spacial score (nSPS) is 10.9. The van der Waals surface area contributed by atoms with Gasteiger partial charge >= 0.3 is 0 Å². The van der Waals surface area contributed by atoms with Crippen LogP contribution in [0.1, 0.15) is 5.76 Å². The zero-order chi connectivity index (χ0) is 26.3. The number of furan rings is 1. The van der Waals surface area contributed by atoms with Crippen LogP contribution in [-0.2, 0) is 0 Å². The van der Waals surface area contributed by atoms with Gasteiger partial charge in [-0.15, -0.1) is 0 Å². The number of non-ortho nitro benzene ring substituents is 1. The molecular weight excluding hydrogens is 508 g/mol. The lowest BCUT2D eigenvalue weighted by Crippen LogP contribution is -2.07. The molecule has 0 aliphatic carbocycles. The molecule has 0 bridgehead atoms. The van der Waals surface area contributed by atoms with Crippen molar-refractivity contribution >= 4 is 52.7 Å². The van der Waals surface area contributed by atoms with Crippen LogP contribution in [0, 0.1) is 10.1 Å². The molecule has 38 heavy (non-hydrogen) atoms. The number of rotatable bonds is 9. The van der Waals surface area contributed by atoms with Crippen molar-refractivity contribution in [1.29, 1.82) is 0 Å². The van der Waals surface area contributed by atoms with Crippen molar-refractivity contribution in [2.24, 2.45) is 5.10 Å². The number of halogens is 1. The van der Waals surface area contributed by atoms with Gasteiger partial charge in [0.25, 0.3) is 5.69 Å². The molecule has 0 saturated heterocycles. The molecule has 0 unspecified atom stereocenters. The molecule has 3 aromatic carbocycles. The Morgan fingerprint density at radius 1 is 0.816 bits per heavy atom. The molecule has 0 radical (unpaired) electrons. The molecule has 3 N–H and O–H groups in total. The molecule has 0 aliphatic rings. The summed E-state index contributed by atoms with van der Waals surface area (Å²) >= 11 is 6.21. The maximum atomic E-state index is 11.1. The molecule has 12 heteroatoms. The first-order valence-corrected chi connectivity index (χ1v) is 11.6. The van der Waals surface area contributed by atoms with Crippen LogP contribution in [0.4, 0.5) is 34.9 Å². The summed E-state index contributed by atoms with van der Waals surface area (Å²) in [5.41, 5.74) is 4.71. The summed E-state index contributed by atoms with van der Waals surface area (Å²) in [6.07, 6.45) is 1.42. The molecule has 0 spiro atoms. The second-order valence-electron chi connectivity index (χ2n) is 7.78. The third-order valence-electron chi connectivity index (χ3n) is 5.10. The van der Waals surface area contributed by atoms with Crippen LogP contribution in [0.15, 0.2) is 101 Å². The number of nitrogens with one attached hydrogen (secondary N) is 3. The standard InChI is InChI=1S/C26H19ClN8O3/c27-22-13-11-19(35(36)37)15-21(22)23-14-12-20(38-23)16-28-34-26-32-24(29-17-7-3-1-4-8-17)31-25(33-26)30-18-9-5-2-6-10-18/h1-16H,(H3,29,30,31,32,33,34)/b28-16+. The van der Waals surface area contributed by atoms with Gasteiger partial charge in [-0.25, -0.2) is 5.43 Å². The summed E-state index contributed by atoms with van der Waals surface area (Å²) in [4.78, 5) is 23.8. The first-order valence-electron chi connectivity index (χ1n) is 11.3. The minimum atomic E-state index is -0.494. The van der Waals surface area contributed by atoms with Crippen LogP contribution in [-0.4, -0.2) is 26.1 Å². The number of aromatic nitrogens is 3. The monoisotopic (exact) mass is 526 g/mol. The smallest absolute Gasteiger partial charge is 0.270 e. The van der Waals surface area contributed by atoms with Gasteiger partial charge in [0.15, 0.2) is 0 Å². The van der Waals surface area contributed by atoms with Gasteiger partial charge in [0.1, 0.15) is 11.5 Å². The predicted octanol–water partition coefficient (Wildman–Crippen LogP) is 6.63. The van der Waals surface area contributed by atoms with Crippen LogP contribution in [0.25, 0.3) is 11.3 Å². The Labute approximate surface area is 221 Å². The molecule has 11 nitrogen and oxygen atoms in total. The quantitative estimate of drug-likeness (QED) is 0.109. The van der Waals surface area contributed by atoms with Gasteiger partial charge in [-0.3, -0.25) is 10.1 Å². The average molecular weight is 527 g/mol. The predicted molar refractivity (Wildman–Crippen MR) is 146 cm³/mol. The van der Waals surface area contributed by atoms with E-state index in [1.165, 1.54) is 24.4 Å². The second kappa shape index (κ2) is 11.2. The molecule has 2 aromatic heterocycles. The molecule has 0 atom stereocenters. The second-order valence-corrected chi connectivity index (χ2v) is 8.19. The third kappa shape index (κ3) is 6.09. The van der Waals surface area contributed by atoms with E-state index in [-0.39, 0.29) is 11.6 Å². The summed E-state index contributed by atoms with van der Waals surface area (Å²) in [5.74, 6) is 1.55. The van der Waals surface area contributed by atoms with Crippen LogP contribution < -0.4 is 16.1 Å². The third-order valence-corrected chi connectivity index (χ3v) is 5.43. The van der Waals surface area contributed by atoms with E-state index in [2.05, 4.69) is 36.1 Å². The average Bonchev–Trinajstić information content (AvgIpc) is 3.38. The first-order chi connectivity index (χ1) is 18.5. The minimum absolute atomic E-state index is 0.0904. The molecule has 5 rings (SSSR count). The molecule has 5 aromatic rings. The van der Waals surface area contributed by atoms with Gasteiger partial charge in [0, 0.05) is 29.1 Å². The molecule has 0 saturated carbocycles. The van der Waals surface area contributed by atoms with Crippen molar-refractivity contribution in [3.63, 3.8) is 0 Å². The molecular formula is C26H19ClN8O3. The fourth-order valence-electron chi connectivity index (χ4n) is 3.38. The fourth-order valence-corrected chi connectivity index (χ4v) is 3.59. The fraction of sp³-hybridized carbons (Fsp3) is 0. The summed E-state index contributed by atoms with van der Waals surface area (Å²) in [7, 11) is 0. The highest BCUT2D eigenvalue weighted by Gasteiger charge is 2.14. The number of hydrogen-bond acceptors (Lipinski definition) is 10. The summed E-state index contributed by atoms with van der Waals surface area (Å²) in [6, 6.07) is 26.4. The number of hydrazone groups is 1. The lowest BCUT2D eigenvalue weighted by atomic mass is 10.1. The molecule has 0 amide bonds. The number of para-hydroxylation sites is 2. The topological polar surface area (TPSA) is 143 Å². The van der Waals surface area contributed by atoms with E-state index in [1.54, 1.807) is 12.1 Å². The van der Waals surface area contributed by atoms with Crippen molar-refractivity contribution in [3.8, 4) is 11.3 Å². The van der Waals surface area contributed by atoms with E-state index >= 15 is 0 Å². The highest BCUT2D eigenvalue weighted by atomic mass is 35.5. The van der Waals surface area contributed by atoms with E-state index in [9.17, 15) is 10.1 Å². The Balaban J connectivity index is 1.35. The summed E-state index contributed by atoms with van der Waals surface area (Å²) < 4.78 is 5.75. The number of nitrogens with zero attached hydrogens (tertiary/aromatic N) is 5. The molecule has 2 heterocycles. The van der Waals surface area contributed by atoms with Crippen molar-refractivity contribution < 1.29 is 9.34 Å². The van der Waals surface area contributed by atoms with Gasteiger partial charge in [0.2, 0.25) is 17.8 Å². The number of anilines is 5. The van der Waals surface area contributed by atoms with Crippen molar-refractivity contribution in [3.05, 3.63) is 112 Å². The van der Waals surface area contributed by atoms with E-state index in [1.807, 2.05) is 60.7 Å². The SMILES string of the molecule is O=[N+]([O-])c1ccc(Cl)c(-c2ccc(/C=N/Nc3nc(Nc4ccccc4)nc(Nc4ccccc4)n3)o2)c1. The van der Waals surface area contributed by atoms with Crippen LogP contribution in [0.5, 0.6) is 0 Å². The maximum absolute atomic E-state index is 11.1. The number of nitro groups is 1. The Morgan fingerprint density at radius 2 is 1.42 bits per heavy atom. The lowest BCUT2D eigenvalue weighted by molar-refractivity contribution is -0.384. The Morgan fingerprint density at radius 3 is 2.03 bits per heavy atom. The van der Waals surface area contributed by atoms with Crippen LogP contribution >= 0.6 is 11.6 Å². The molecule has 188 valence electrons. The number of hydrogen-bond donors (Lipinski definition) is 3. The van der Waals surface area contributed by atoms with Crippen molar-refractivity contribution in [1.82, 2.24) is 15.0 Å². The van der Waals surface area contributed by atoms with E-state index in [0.29, 0.717) is 34.0 Å². The maximum Gasteiger partial charge on any atom is 0.270 e. The number of nitro benzene ring substituents is 1. The zero-order valence-electron chi connectivity index (χ0n) is 19.6. The van der Waals surface area contributed by atoms with E-state index in [4.69, 9.17) is 16.0 Å². The zero-order valence-corrected chi connectivity index (χ0v) is 20.3. The van der Waals surface area contributed by atoms with Crippen LogP contribution in [0.3, 0.4) is 0 Å². The van der Waals surface area contributed by atoms with Gasteiger partial charge in [-0.1, -0.05) is 48.0 Å². The first kappa shape index (κ1) is 24.4. The van der Waals surface area contributed by atoms with Crippen LogP contribution in [0.2, 0.25) is 5.02 Å². The Kier molecular flexibility index (Phi) is 7.18. The summed E-state index contributed by atoms with van der Waals surface area (Å²) in [6.45, 7) is 0. The molecule has 0 aliphatic heterocycles. The van der Waals surface area contributed by atoms with Gasteiger partial charge < -0.3 is 15.1 Å². The number of benzene rings is 3. The van der Waals surface area contributed by atoms with Gasteiger partial charge in [-0.2, -0.15) is 20.1 Å².